The lowest BCUT2D eigenvalue weighted by Gasteiger charge is -2.03. The van der Waals surface area contributed by atoms with Crippen LogP contribution in [-0.2, 0) is 0 Å². The monoisotopic (exact) mass is 290 g/mol. The summed E-state index contributed by atoms with van der Waals surface area (Å²) in [4.78, 5) is 11.8. The van der Waals surface area contributed by atoms with E-state index in [1.54, 1.807) is 36.4 Å². The molecule has 2 aromatic carbocycles. The number of halogens is 2. The average Bonchev–Trinajstić information content (AvgIpc) is 2.40. The molecule has 0 saturated heterocycles. The van der Waals surface area contributed by atoms with Gasteiger partial charge >= 0.3 is 0 Å². The summed E-state index contributed by atoms with van der Waals surface area (Å²) < 4.78 is 13.3. The normalized spacial score (nSPS) is 10.8. The molecule has 102 valence electrons. The topological polar surface area (TPSA) is 41.5 Å². The summed E-state index contributed by atoms with van der Waals surface area (Å²) >= 11 is 5.97. The number of aryl methyl sites for hydroxylation is 1. The van der Waals surface area contributed by atoms with Crippen LogP contribution in [0.5, 0.6) is 0 Å². The van der Waals surface area contributed by atoms with Gasteiger partial charge in [0.1, 0.15) is 5.82 Å². The van der Waals surface area contributed by atoms with Gasteiger partial charge in [0.15, 0.2) is 0 Å². The van der Waals surface area contributed by atoms with Crippen molar-refractivity contribution in [1.29, 1.82) is 0 Å². The van der Waals surface area contributed by atoms with Gasteiger partial charge in [-0.05, 0) is 30.7 Å². The molecule has 0 radical (unpaired) electrons. The number of carbonyl (C=O) groups excluding carboxylic acids is 1. The first-order valence-electron chi connectivity index (χ1n) is 5.92. The van der Waals surface area contributed by atoms with Gasteiger partial charge in [-0.25, -0.2) is 9.82 Å². The highest BCUT2D eigenvalue weighted by molar-refractivity contribution is 6.33. The summed E-state index contributed by atoms with van der Waals surface area (Å²) in [5.74, 6) is -0.846. The van der Waals surface area contributed by atoms with Crippen molar-refractivity contribution >= 4 is 23.7 Å². The molecule has 0 fully saturated rings. The van der Waals surface area contributed by atoms with E-state index in [-0.39, 0.29) is 0 Å². The maximum absolute atomic E-state index is 13.3. The van der Waals surface area contributed by atoms with E-state index in [9.17, 15) is 9.18 Å². The highest BCUT2D eigenvalue weighted by Gasteiger charge is 2.09. The van der Waals surface area contributed by atoms with Crippen molar-refractivity contribution in [1.82, 2.24) is 5.43 Å². The van der Waals surface area contributed by atoms with Crippen LogP contribution in [0.2, 0.25) is 5.02 Å². The summed E-state index contributed by atoms with van der Waals surface area (Å²) in [5, 5.41) is 4.07. The van der Waals surface area contributed by atoms with Crippen LogP contribution >= 0.6 is 11.6 Å². The Bertz CT molecular complexity index is 671. The molecular formula is C15H12ClFN2O. The number of hydrogen-bond donors (Lipinski definition) is 1. The van der Waals surface area contributed by atoms with E-state index in [4.69, 9.17) is 11.6 Å². The molecule has 0 unspecified atom stereocenters. The Morgan fingerprint density at radius 3 is 2.75 bits per heavy atom. The highest BCUT2D eigenvalue weighted by Crippen LogP contribution is 2.17. The van der Waals surface area contributed by atoms with E-state index in [0.717, 1.165) is 5.56 Å². The number of carbonyl (C=O) groups is 1. The number of hydrazone groups is 1. The lowest BCUT2D eigenvalue weighted by molar-refractivity contribution is 0.0955. The van der Waals surface area contributed by atoms with Gasteiger partial charge in [0.2, 0.25) is 0 Å². The summed E-state index contributed by atoms with van der Waals surface area (Å²) in [7, 11) is 0. The van der Waals surface area contributed by atoms with Gasteiger partial charge in [-0.15, -0.1) is 0 Å². The molecule has 1 amide bonds. The van der Waals surface area contributed by atoms with Crippen LogP contribution in [0.3, 0.4) is 0 Å². The van der Waals surface area contributed by atoms with Crippen LogP contribution in [0.15, 0.2) is 47.6 Å². The molecule has 0 bridgehead atoms. The highest BCUT2D eigenvalue weighted by atomic mass is 35.5. The van der Waals surface area contributed by atoms with Gasteiger partial charge in [0.25, 0.3) is 5.91 Å². The van der Waals surface area contributed by atoms with Crippen LogP contribution in [0, 0.1) is 12.7 Å². The van der Waals surface area contributed by atoms with Crippen LogP contribution in [0.4, 0.5) is 4.39 Å². The van der Waals surface area contributed by atoms with Crippen molar-refractivity contribution in [2.45, 2.75) is 6.92 Å². The van der Waals surface area contributed by atoms with Crippen molar-refractivity contribution in [3.63, 3.8) is 0 Å². The first kappa shape index (κ1) is 14.2. The molecule has 0 spiro atoms. The average molecular weight is 291 g/mol. The number of benzene rings is 2. The molecule has 0 saturated carbocycles. The van der Waals surface area contributed by atoms with Crippen molar-refractivity contribution in [2.24, 2.45) is 5.10 Å². The molecule has 0 aliphatic carbocycles. The third-order valence-electron chi connectivity index (χ3n) is 2.64. The first-order chi connectivity index (χ1) is 9.58. The Kier molecular flexibility index (Phi) is 4.48. The molecule has 0 heterocycles. The molecular weight excluding hydrogens is 279 g/mol. The first-order valence-corrected chi connectivity index (χ1v) is 6.30. The standard InChI is InChI=1S/C15H12ClFN2O/c1-10-6-7-12(13(16)8-10)15(20)19-18-9-11-4-2-3-5-14(11)17/h2-9H,1H3,(H,19,20)/b18-9-. The largest absolute Gasteiger partial charge is 0.272 e. The van der Waals surface area contributed by atoms with E-state index >= 15 is 0 Å². The number of amides is 1. The zero-order valence-corrected chi connectivity index (χ0v) is 11.5. The summed E-state index contributed by atoms with van der Waals surface area (Å²) in [5.41, 5.74) is 3.89. The van der Waals surface area contributed by atoms with Gasteiger partial charge in [0.05, 0.1) is 16.8 Å². The molecule has 20 heavy (non-hydrogen) atoms. The SMILES string of the molecule is Cc1ccc(C(=O)N/N=C\c2ccccc2F)c(Cl)c1. The fourth-order valence-electron chi connectivity index (χ4n) is 1.60. The summed E-state index contributed by atoms with van der Waals surface area (Å²) in [6.45, 7) is 1.88. The Labute approximate surface area is 121 Å². The molecule has 0 aliphatic rings. The Morgan fingerprint density at radius 2 is 2.05 bits per heavy atom. The lowest BCUT2D eigenvalue weighted by Crippen LogP contribution is -2.18. The smallest absolute Gasteiger partial charge is 0.267 e. The van der Waals surface area contributed by atoms with E-state index in [0.29, 0.717) is 16.1 Å². The predicted octanol–water partition coefficient (Wildman–Crippen LogP) is 3.55. The van der Waals surface area contributed by atoms with Crippen LogP contribution in [-0.4, -0.2) is 12.1 Å². The maximum atomic E-state index is 13.3. The molecule has 3 nitrogen and oxygen atoms in total. The minimum absolute atomic E-state index is 0.294. The fraction of sp³-hybridized carbons (Fsp3) is 0.0667. The van der Waals surface area contributed by atoms with E-state index in [1.165, 1.54) is 12.3 Å². The summed E-state index contributed by atoms with van der Waals surface area (Å²) in [6.07, 6.45) is 1.25. The number of nitrogens with zero attached hydrogens (tertiary/aromatic N) is 1. The summed E-state index contributed by atoms with van der Waals surface area (Å²) in [6, 6.07) is 11.2. The predicted molar refractivity (Wildman–Crippen MR) is 77.6 cm³/mol. The van der Waals surface area contributed by atoms with E-state index < -0.39 is 11.7 Å². The van der Waals surface area contributed by atoms with E-state index in [2.05, 4.69) is 10.5 Å². The number of nitrogens with one attached hydrogen (secondary N) is 1. The van der Waals surface area contributed by atoms with Gasteiger partial charge in [-0.2, -0.15) is 5.10 Å². The minimum Gasteiger partial charge on any atom is -0.267 e. The zero-order valence-electron chi connectivity index (χ0n) is 10.7. The molecule has 0 atom stereocenters. The van der Waals surface area contributed by atoms with Crippen molar-refractivity contribution in [3.05, 3.63) is 70.0 Å². The van der Waals surface area contributed by atoms with Crippen molar-refractivity contribution in [3.8, 4) is 0 Å². The molecule has 0 aliphatic heterocycles. The lowest BCUT2D eigenvalue weighted by atomic mass is 10.1. The second-order valence-electron chi connectivity index (χ2n) is 4.20. The Balaban J connectivity index is 2.07. The Morgan fingerprint density at radius 1 is 1.30 bits per heavy atom. The molecule has 2 aromatic rings. The van der Waals surface area contributed by atoms with Crippen LogP contribution in [0.25, 0.3) is 0 Å². The zero-order chi connectivity index (χ0) is 14.5. The van der Waals surface area contributed by atoms with Crippen LogP contribution in [0.1, 0.15) is 21.5 Å². The van der Waals surface area contributed by atoms with Crippen molar-refractivity contribution < 1.29 is 9.18 Å². The van der Waals surface area contributed by atoms with E-state index in [1.807, 2.05) is 6.92 Å². The van der Waals surface area contributed by atoms with Gasteiger partial charge in [0, 0.05) is 5.56 Å². The molecule has 2 rings (SSSR count). The van der Waals surface area contributed by atoms with Crippen molar-refractivity contribution in [2.75, 3.05) is 0 Å². The van der Waals surface area contributed by atoms with Gasteiger partial charge in [-0.3, -0.25) is 4.79 Å². The molecule has 5 heteroatoms. The second kappa shape index (κ2) is 6.30. The quantitative estimate of drug-likeness (QED) is 0.681. The fourth-order valence-corrected chi connectivity index (χ4v) is 1.93. The third-order valence-corrected chi connectivity index (χ3v) is 2.96. The van der Waals surface area contributed by atoms with Gasteiger partial charge < -0.3 is 0 Å². The number of hydrogen-bond acceptors (Lipinski definition) is 2. The van der Waals surface area contributed by atoms with Gasteiger partial charge in [-0.1, -0.05) is 35.9 Å². The molecule has 1 N–H and O–H groups in total. The Hall–Kier alpha value is -2.20. The second-order valence-corrected chi connectivity index (χ2v) is 4.61. The minimum atomic E-state index is -0.442. The van der Waals surface area contributed by atoms with Crippen LogP contribution < -0.4 is 5.43 Å². The number of rotatable bonds is 3. The maximum Gasteiger partial charge on any atom is 0.272 e. The molecule has 0 aromatic heterocycles. The third kappa shape index (κ3) is 3.42.